The van der Waals surface area contributed by atoms with Gasteiger partial charge in [-0.2, -0.15) is 5.10 Å². The number of hydrogen-bond acceptors (Lipinski definition) is 3. The van der Waals surface area contributed by atoms with Crippen LogP contribution < -0.4 is 0 Å². The molecule has 0 saturated carbocycles. The number of Topliss-reactive ketones (excluding diaryl/α,β-unsaturated/α-hetero) is 1. The Morgan fingerprint density at radius 2 is 2.06 bits per heavy atom. The molecule has 0 fully saturated rings. The molecule has 0 atom stereocenters. The third-order valence-corrected chi connectivity index (χ3v) is 4.31. The van der Waals surface area contributed by atoms with E-state index < -0.39 is 0 Å². The normalized spacial score (nSPS) is 11.9. The minimum Gasteiger partial charge on any atom is -0.298 e. The van der Waals surface area contributed by atoms with Gasteiger partial charge in [0.15, 0.2) is 0 Å². The van der Waals surface area contributed by atoms with Crippen LogP contribution in [0.15, 0.2) is 0 Å². The van der Waals surface area contributed by atoms with Crippen molar-refractivity contribution in [3.63, 3.8) is 0 Å². The number of thioether (sulfide) groups is 1. The molecule has 102 valence electrons. The van der Waals surface area contributed by atoms with Crippen LogP contribution in [0.4, 0.5) is 0 Å². The third-order valence-electron chi connectivity index (χ3n) is 2.48. The first-order chi connectivity index (χ1) is 8.24. The van der Waals surface area contributed by atoms with Gasteiger partial charge in [-0.05, 0) is 13.8 Å². The number of rotatable bonds is 5. The van der Waals surface area contributed by atoms with Crippen molar-refractivity contribution in [2.45, 2.75) is 52.3 Å². The maximum absolute atomic E-state index is 12.0. The maximum atomic E-state index is 12.0. The van der Waals surface area contributed by atoms with Crippen molar-refractivity contribution in [3.05, 3.63) is 16.4 Å². The van der Waals surface area contributed by atoms with Gasteiger partial charge in [0, 0.05) is 11.3 Å². The van der Waals surface area contributed by atoms with E-state index in [-0.39, 0.29) is 10.5 Å². The Kier molecular flexibility index (Phi) is 5.29. The van der Waals surface area contributed by atoms with Crippen molar-refractivity contribution >= 4 is 29.1 Å². The van der Waals surface area contributed by atoms with Gasteiger partial charge in [0.25, 0.3) is 0 Å². The van der Waals surface area contributed by atoms with Gasteiger partial charge in [-0.3, -0.25) is 9.48 Å². The second-order valence-electron chi connectivity index (χ2n) is 5.28. The van der Waals surface area contributed by atoms with E-state index in [0.29, 0.717) is 17.2 Å². The molecule has 0 bridgehead atoms. The zero-order valence-corrected chi connectivity index (χ0v) is 13.3. The van der Waals surface area contributed by atoms with Crippen LogP contribution >= 0.6 is 23.4 Å². The summed E-state index contributed by atoms with van der Waals surface area (Å²) >= 11 is 7.85. The van der Waals surface area contributed by atoms with Gasteiger partial charge in [-0.25, -0.2) is 0 Å². The number of hydrogen-bond donors (Lipinski definition) is 0. The van der Waals surface area contributed by atoms with Crippen LogP contribution in [0.25, 0.3) is 0 Å². The standard InChI is InChI=1S/C13H21ClN2OS/c1-6-16-11(12(14)9(2)15-16)7-10(17)8-18-13(3,4)5/h6-8H2,1-5H3. The van der Waals surface area contributed by atoms with Crippen molar-refractivity contribution in [2.24, 2.45) is 0 Å². The first-order valence-corrected chi connectivity index (χ1v) is 7.48. The first kappa shape index (κ1) is 15.6. The van der Waals surface area contributed by atoms with Crippen LogP contribution in [0.1, 0.15) is 39.1 Å². The molecular formula is C13H21ClN2OS. The summed E-state index contributed by atoms with van der Waals surface area (Å²) in [6, 6.07) is 0. The number of aromatic nitrogens is 2. The van der Waals surface area contributed by atoms with Gasteiger partial charge in [0.1, 0.15) is 5.78 Å². The van der Waals surface area contributed by atoms with Gasteiger partial charge < -0.3 is 0 Å². The molecular weight excluding hydrogens is 268 g/mol. The van der Waals surface area contributed by atoms with E-state index in [0.717, 1.165) is 17.9 Å². The van der Waals surface area contributed by atoms with Crippen molar-refractivity contribution < 1.29 is 4.79 Å². The summed E-state index contributed by atoms with van der Waals surface area (Å²) in [5, 5.41) is 4.95. The molecule has 0 aliphatic rings. The van der Waals surface area contributed by atoms with Crippen molar-refractivity contribution in [2.75, 3.05) is 5.75 Å². The lowest BCUT2D eigenvalue weighted by atomic mass is 10.2. The molecule has 1 aromatic rings. The SMILES string of the molecule is CCn1nc(C)c(Cl)c1CC(=O)CSC(C)(C)C. The van der Waals surface area contributed by atoms with E-state index in [1.54, 1.807) is 11.8 Å². The molecule has 0 amide bonds. The van der Waals surface area contributed by atoms with Crippen LogP contribution in [-0.2, 0) is 17.8 Å². The lowest BCUT2D eigenvalue weighted by Gasteiger charge is -2.16. The van der Waals surface area contributed by atoms with Crippen molar-refractivity contribution in [3.8, 4) is 0 Å². The number of aryl methyl sites for hydroxylation is 2. The Labute approximate surface area is 118 Å². The topological polar surface area (TPSA) is 34.9 Å². The molecule has 0 radical (unpaired) electrons. The highest BCUT2D eigenvalue weighted by molar-refractivity contribution is 8.01. The second kappa shape index (κ2) is 6.11. The molecule has 0 aliphatic carbocycles. The Balaban J connectivity index is 2.70. The number of carbonyl (C=O) groups is 1. The van der Waals surface area contributed by atoms with E-state index in [9.17, 15) is 4.79 Å². The molecule has 1 heterocycles. The average molecular weight is 289 g/mol. The number of carbonyl (C=O) groups excluding carboxylic acids is 1. The van der Waals surface area contributed by atoms with Gasteiger partial charge in [-0.1, -0.05) is 32.4 Å². The second-order valence-corrected chi connectivity index (χ2v) is 7.46. The Hall–Kier alpha value is -0.480. The highest BCUT2D eigenvalue weighted by Gasteiger charge is 2.18. The van der Waals surface area contributed by atoms with Crippen LogP contribution in [0.5, 0.6) is 0 Å². The molecule has 0 unspecified atom stereocenters. The molecule has 0 aliphatic heterocycles. The maximum Gasteiger partial charge on any atom is 0.148 e. The molecule has 1 rings (SSSR count). The van der Waals surface area contributed by atoms with Crippen LogP contribution in [0.3, 0.4) is 0 Å². The Bertz CT molecular complexity index is 435. The predicted octanol–water partition coefficient (Wildman–Crippen LogP) is 3.51. The highest BCUT2D eigenvalue weighted by atomic mass is 35.5. The summed E-state index contributed by atoms with van der Waals surface area (Å²) in [7, 11) is 0. The van der Waals surface area contributed by atoms with Crippen LogP contribution in [0, 0.1) is 6.92 Å². The third kappa shape index (κ3) is 4.32. The average Bonchev–Trinajstić information content (AvgIpc) is 2.53. The summed E-state index contributed by atoms with van der Waals surface area (Å²) in [4.78, 5) is 12.0. The van der Waals surface area contributed by atoms with Crippen LogP contribution in [-0.4, -0.2) is 26.1 Å². The highest BCUT2D eigenvalue weighted by Crippen LogP contribution is 2.25. The molecule has 5 heteroatoms. The summed E-state index contributed by atoms with van der Waals surface area (Å²) in [5.41, 5.74) is 1.64. The van der Waals surface area contributed by atoms with Gasteiger partial charge >= 0.3 is 0 Å². The molecule has 0 spiro atoms. The van der Waals surface area contributed by atoms with Crippen LogP contribution in [0.2, 0.25) is 5.02 Å². The molecule has 18 heavy (non-hydrogen) atoms. The smallest absolute Gasteiger partial charge is 0.148 e. The summed E-state index contributed by atoms with van der Waals surface area (Å²) < 4.78 is 1.93. The quantitative estimate of drug-likeness (QED) is 0.832. The van der Waals surface area contributed by atoms with E-state index in [4.69, 9.17) is 11.6 Å². The molecule has 3 nitrogen and oxygen atoms in total. The Morgan fingerprint density at radius 1 is 1.44 bits per heavy atom. The summed E-state index contributed by atoms with van der Waals surface area (Å²) in [6.07, 6.45) is 0.372. The zero-order chi connectivity index (χ0) is 13.9. The van der Waals surface area contributed by atoms with E-state index in [1.165, 1.54) is 0 Å². The lowest BCUT2D eigenvalue weighted by Crippen LogP contribution is -2.16. The zero-order valence-electron chi connectivity index (χ0n) is 11.7. The monoisotopic (exact) mass is 288 g/mol. The van der Waals surface area contributed by atoms with E-state index >= 15 is 0 Å². The van der Waals surface area contributed by atoms with E-state index in [1.807, 2.05) is 18.5 Å². The fourth-order valence-electron chi connectivity index (χ4n) is 1.57. The fourth-order valence-corrected chi connectivity index (χ4v) is 2.47. The number of nitrogens with zero attached hydrogens (tertiary/aromatic N) is 2. The minimum atomic E-state index is 0.111. The lowest BCUT2D eigenvalue weighted by molar-refractivity contribution is -0.116. The molecule has 1 aromatic heterocycles. The van der Waals surface area contributed by atoms with Gasteiger partial charge in [-0.15, -0.1) is 11.8 Å². The molecule has 0 saturated heterocycles. The largest absolute Gasteiger partial charge is 0.298 e. The van der Waals surface area contributed by atoms with Gasteiger partial charge in [0.2, 0.25) is 0 Å². The van der Waals surface area contributed by atoms with Crippen molar-refractivity contribution in [1.29, 1.82) is 0 Å². The first-order valence-electron chi connectivity index (χ1n) is 6.12. The number of ketones is 1. The summed E-state index contributed by atoms with van der Waals surface area (Å²) in [5.74, 6) is 0.722. The van der Waals surface area contributed by atoms with E-state index in [2.05, 4.69) is 25.9 Å². The predicted molar refractivity (Wildman–Crippen MR) is 78.6 cm³/mol. The van der Waals surface area contributed by atoms with Crippen molar-refractivity contribution in [1.82, 2.24) is 9.78 Å². The molecule has 0 N–H and O–H groups in total. The molecule has 0 aromatic carbocycles. The number of halogens is 1. The van der Waals surface area contributed by atoms with Gasteiger partial charge in [0.05, 0.1) is 28.6 Å². The fraction of sp³-hybridized carbons (Fsp3) is 0.692. The minimum absolute atomic E-state index is 0.111. The summed E-state index contributed by atoms with van der Waals surface area (Å²) in [6.45, 7) is 10.9. The Morgan fingerprint density at radius 3 is 2.56 bits per heavy atom.